The van der Waals surface area contributed by atoms with Crippen LogP contribution in [0.25, 0.3) is 0 Å². The maximum Gasteiger partial charge on any atom is 0.123 e. The van der Waals surface area contributed by atoms with Crippen LogP contribution in [0.15, 0.2) is 24.3 Å². The first-order valence-corrected chi connectivity index (χ1v) is 5.13. The lowest BCUT2D eigenvalue weighted by Crippen LogP contribution is -2.29. The third kappa shape index (κ3) is 2.55. The summed E-state index contributed by atoms with van der Waals surface area (Å²) in [6.07, 6.45) is 4.80. The molecule has 0 aromatic heterocycles. The molecule has 0 bridgehead atoms. The van der Waals surface area contributed by atoms with E-state index >= 15 is 0 Å². The molecule has 1 fully saturated rings. The van der Waals surface area contributed by atoms with Gasteiger partial charge in [-0.1, -0.05) is 12.1 Å². The van der Waals surface area contributed by atoms with Gasteiger partial charge in [-0.25, -0.2) is 4.39 Å². The zero-order valence-electron chi connectivity index (χ0n) is 8.25. The highest BCUT2D eigenvalue weighted by Gasteiger charge is 2.10. The molecule has 1 aliphatic rings. The number of halogens is 1. The predicted octanol–water partition coefficient (Wildman–Crippen LogP) is 2.63. The summed E-state index contributed by atoms with van der Waals surface area (Å²) >= 11 is 0. The lowest BCUT2D eigenvalue weighted by atomic mass is 10.1. The van der Waals surface area contributed by atoms with Crippen LogP contribution in [0.2, 0.25) is 0 Å². The highest BCUT2D eigenvalue weighted by molar-refractivity contribution is 5.16. The molecule has 0 N–H and O–H groups in total. The normalized spacial score (nSPS) is 18.4. The van der Waals surface area contributed by atoms with Gasteiger partial charge in [0.05, 0.1) is 0 Å². The van der Waals surface area contributed by atoms with Gasteiger partial charge >= 0.3 is 0 Å². The van der Waals surface area contributed by atoms with E-state index in [0.29, 0.717) is 0 Å². The molecule has 1 aliphatic heterocycles. The molecule has 1 aromatic rings. The van der Waals surface area contributed by atoms with E-state index in [1.807, 2.05) is 12.1 Å². The average molecular weight is 192 g/mol. The van der Waals surface area contributed by atoms with Gasteiger partial charge in [-0.05, 0) is 43.5 Å². The van der Waals surface area contributed by atoms with Crippen molar-refractivity contribution in [3.05, 3.63) is 42.1 Å². The van der Waals surface area contributed by atoms with E-state index in [0.717, 1.165) is 19.6 Å². The Morgan fingerprint density at radius 2 is 2.00 bits per heavy atom. The summed E-state index contributed by atoms with van der Waals surface area (Å²) in [5.74, 6) is -0.154. The summed E-state index contributed by atoms with van der Waals surface area (Å²) in [5.41, 5.74) is 1.20. The summed E-state index contributed by atoms with van der Waals surface area (Å²) < 4.78 is 12.6. The van der Waals surface area contributed by atoms with Crippen molar-refractivity contribution in [1.29, 1.82) is 0 Å². The van der Waals surface area contributed by atoms with Crippen molar-refractivity contribution in [2.75, 3.05) is 13.1 Å². The first-order valence-electron chi connectivity index (χ1n) is 5.13. The van der Waals surface area contributed by atoms with Gasteiger partial charge in [0.1, 0.15) is 5.82 Å². The monoisotopic (exact) mass is 192 g/mol. The zero-order valence-corrected chi connectivity index (χ0v) is 8.25. The van der Waals surface area contributed by atoms with Crippen molar-refractivity contribution in [1.82, 2.24) is 4.90 Å². The number of hydrogen-bond acceptors (Lipinski definition) is 1. The second-order valence-electron chi connectivity index (χ2n) is 3.79. The van der Waals surface area contributed by atoms with Crippen LogP contribution in [0.4, 0.5) is 4.39 Å². The van der Waals surface area contributed by atoms with Crippen LogP contribution in [0.5, 0.6) is 0 Å². The first-order chi connectivity index (χ1) is 6.84. The molecule has 2 heteroatoms. The zero-order chi connectivity index (χ0) is 9.80. The van der Waals surface area contributed by atoms with Crippen molar-refractivity contribution >= 4 is 0 Å². The Kier molecular flexibility index (Phi) is 3.14. The van der Waals surface area contributed by atoms with Crippen LogP contribution >= 0.6 is 0 Å². The second kappa shape index (κ2) is 4.56. The lowest BCUT2D eigenvalue weighted by molar-refractivity contribution is 0.254. The van der Waals surface area contributed by atoms with E-state index in [2.05, 4.69) is 11.3 Å². The Labute approximate surface area is 84.5 Å². The fourth-order valence-electron chi connectivity index (χ4n) is 1.82. The van der Waals surface area contributed by atoms with Crippen molar-refractivity contribution in [2.45, 2.75) is 19.4 Å². The van der Waals surface area contributed by atoms with Gasteiger partial charge < -0.3 is 0 Å². The summed E-state index contributed by atoms with van der Waals surface area (Å²) in [6, 6.07) is 6.79. The Hall–Kier alpha value is -0.890. The molecule has 0 atom stereocenters. The van der Waals surface area contributed by atoms with Gasteiger partial charge in [-0.2, -0.15) is 0 Å². The highest BCUT2D eigenvalue weighted by atomic mass is 19.1. The molecule has 0 saturated carbocycles. The molecule has 1 nitrogen and oxygen atoms in total. The lowest BCUT2D eigenvalue weighted by Gasteiger charge is -2.26. The molecule has 0 unspecified atom stereocenters. The molecule has 1 radical (unpaired) electrons. The third-order valence-corrected chi connectivity index (χ3v) is 2.59. The minimum Gasteiger partial charge on any atom is -0.299 e. The van der Waals surface area contributed by atoms with Crippen LogP contribution in [0, 0.1) is 12.2 Å². The summed E-state index contributed by atoms with van der Waals surface area (Å²) in [5, 5.41) is 0. The smallest absolute Gasteiger partial charge is 0.123 e. The number of rotatable bonds is 2. The van der Waals surface area contributed by atoms with Gasteiger partial charge in [0.25, 0.3) is 0 Å². The maximum absolute atomic E-state index is 12.6. The predicted molar refractivity (Wildman–Crippen MR) is 55.2 cm³/mol. The van der Waals surface area contributed by atoms with Crippen molar-refractivity contribution < 1.29 is 4.39 Å². The Morgan fingerprint density at radius 3 is 2.64 bits per heavy atom. The van der Waals surface area contributed by atoms with Gasteiger partial charge in [-0.3, -0.25) is 4.90 Å². The Balaban J connectivity index is 1.92. The summed E-state index contributed by atoms with van der Waals surface area (Å²) in [4.78, 5) is 2.39. The maximum atomic E-state index is 12.6. The number of hydrogen-bond donors (Lipinski definition) is 0. The summed E-state index contributed by atoms with van der Waals surface area (Å²) in [6.45, 7) is 3.17. The van der Waals surface area contributed by atoms with Gasteiger partial charge in [0, 0.05) is 13.1 Å². The molecule has 1 saturated heterocycles. The minimum absolute atomic E-state index is 0.154. The molecule has 0 spiro atoms. The molecule has 0 aliphatic carbocycles. The van der Waals surface area contributed by atoms with Crippen LogP contribution in [-0.2, 0) is 6.54 Å². The molecule has 1 aromatic carbocycles. The number of benzene rings is 1. The Bertz CT molecular complexity index is 275. The molecule has 75 valence electrons. The number of likely N-dealkylation sites (tertiary alicyclic amines) is 1. The van der Waals surface area contributed by atoms with E-state index in [1.54, 1.807) is 0 Å². The highest BCUT2D eigenvalue weighted by Crippen LogP contribution is 2.12. The minimum atomic E-state index is -0.154. The van der Waals surface area contributed by atoms with Gasteiger partial charge in [0.15, 0.2) is 0 Å². The fraction of sp³-hybridized carbons (Fsp3) is 0.417. The van der Waals surface area contributed by atoms with Gasteiger partial charge in [-0.15, -0.1) is 0 Å². The van der Waals surface area contributed by atoms with Gasteiger partial charge in [0.2, 0.25) is 0 Å². The molecule has 2 rings (SSSR count). The Morgan fingerprint density at radius 1 is 1.21 bits per heavy atom. The SMILES string of the molecule is Fc1ccc(CN2C[CH]CCC2)cc1. The largest absolute Gasteiger partial charge is 0.299 e. The second-order valence-corrected chi connectivity index (χ2v) is 3.79. The van der Waals surface area contributed by atoms with Crippen LogP contribution in [-0.4, -0.2) is 18.0 Å². The number of nitrogens with zero attached hydrogens (tertiary/aromatic N) is 1. The van der Waals surface area contributed by atoms with E-state index in [9.17, 15) is 4.39 Å². The first kappa shape index (κ1) is 9.66. The molecular formula is C12H15FN. The van der Waals surface area contributed by atoms with Crippen molar-refractivity contribution in [3.8, 4) is 0 Å². The van der Waals surface area contributed by atoms with E-state index in [1.165, 1.54) is 30.5 Å². The molecule has 1 heterocycles. The van der Waals surface area contributed by atoms with Crippen LogP contribution in [0.1, 0.15) is 18.4 Å². The molecular weight excluding hydrogens is 177 g/mol. The molecule has 0 amide bonds. The summed E-state index contributed by atoms with van der Waals surface area (Å²) in [7, 11) is 0. The topological polar surface area (TPSA) is 3.24 Å². The van der Waals surface area contributed by atoms with E-state index in [4.69, 9.17) is 0 Å². The van der Waals surface area contributed by atoms with E-state index < -0.39 is 0 Å². The fourth-order valence-corrected chi connectivity index (χ4v) is 1.82. The molecule has 14 heavy (non-hydrogen) atoms. The van der Waals surface area contributed by atoms with E-state index in [-0.39, 0.29) is 5.82 Å². The van der Waals surface area contributed by atoms with Crippen LogP contribution < -0.4 is 0 Å². The quantitative estimate of drug-likeness (QED) is 0.696. The van der Waals surface area contributed by atoms with Crippen molar-refractivity contribution in [2.24, 2.45) is 0 Å². The van der Waals surface area contributed by atoms with Crippen LogP contribution in [0.3, 0.4) is 0 Å². The standard InChI is InChI=1S/C12H15FN/c13-12-6-4-11(5-7-12)10-14-8-2-1-3-9-14/h2,4-7H,1,3,8-10H2. The number of piperidine rings is 1. The van der Waals surface area contributed by atoms with Crippen molar-refractivity contribution in [3.63, 3.8) is 0 Å². The average Bonchev–Trinajstić information content (AvgIpc) is 2.23. The third-order valence-electron chi connectivity index (χ3n) is 2.59.